The maximum atomic E-state index is 10.7. The Hall–Kier alpha value is -4.16. The number of phenolic OH excluding ortho intramolecular Hbond substituents is 1. The number of phenols is 1. The SMILES string of the molecule is OCCN1CCN(c2ccc3nc(-c4cc(O)cc(-c5nc6ccc(N7CCN(CCO)CC7)cc6[nH]5)c4)[nH]c3c2)CC1. The van der Waals surface area contributed by atoms with Crippen molar-refractivity contribution in [3.8, 4) is 28.5 Å². The largest absolute Gasteiger partial charge is 0.508 e. The highest BCUT2D eigenvalue weighted by Gasteiger charge is 2.19. The van der Waals surface area contributed by atoms with E-state index in [4.69, 9.17) is 9.97 Å². The van der Waals surface area contributed by atoms with Gasteiger partial charge in [0.2, 0.25) is 0 Å². The van der Waals surface area contributed by atoms with Crippen molar-refractivity contribution in [3.63, 3.8) is 0 Å². The summed E-state index contributed by atoms with van der Waals surface area (Å²) in [6.07, 6.45) is 0. The molecule has 4 heterocycles. The van der Waals surface area contributed by atoms with Gasteiger partial charge in [0.25, 0.3) is 0 Å². The average molecular weight is 583 g/mol. The predicted molar refractivity (Wildman–Crippen MR) is 170 cm³/mol. The van der Waals surface area contributed by atoms with Crippen LogP contribution in [0, 0.1) is 0 Å². The summed E-state index contributed by atoms with van der Waals surface area (Å²) in [6, 6.07) is 18.0. The quantitative estimate of drug-likeness (QED) is 0.187. The molecule has 5 aromatic rings. The van der Waals surface area contributed by atoms with Crippen LogP contribution < -0.4 is 9.80 Å². The minimum atomic E-state index is 0.149. The molecule has 7 rings (SSSR count). The van der Waals surface area contributed by atoms with Crippen molar-refractivity contribution >= 4 is 33.4 Å². The Morgan fingerprint density at radius 3 is 1.44 bits per heavy atom. The molecule has 2 aliphatic rings. The Balaban J connectivity index is 1.12. The fourth-order valence-electron chi connectivity index (χ4n) is 6.29. The molecule has 3 aromatic carbocycles. The number of fused-ring (bicyclic) bond motifs is 2. The Labute approximate surface area is 250 Å². The molecule has 11 heteroatoms. The number of β-amino-alcohol motifs (C(OH)–C–C–N with tert-alkyl or cyclic N) is 2. The molecule has 0 bridgehead atoms. The molecule has 0 unspecified atom stereocenters. The number of H-pyrrole nitrogens is 2. The number of piperazine rings is 2. The summed E-state index contributed by atoms with van der Waals surface area (Å²) in [7, 11) is 0. The summed E-state index contributed by atoms with van der Waals surface area (Å²) in [5, 5.41) is 29.1. The molecule has 0 spiro atoms. The summed E-state index contributed by atoms with van der Waals surface area (Å²) in [5.74, 6) is 1.53. The zero-order valence-electron chi connectivity index (χ0n) is 24.2. The zero-order chi connectivity index (χ0) is 29.3. The number of aliphatic hydroxyl groups is 2. The molecule has 43 heavy (non-hydrogen) atoms. The van der Waals surface area contributed by atoms with E-state index in [2.05, 4.69) is 53.8 Å². The van der Waals surface area contributed by atoms with Gasteiger partial charge >= 0.3 is 0 Å². The molecule has 11 nitrogen and oxygen atoms in total. The molecule has 0 aliphatic carbocycles. The van der Waals surface area contributed by atoms with Crippen LogP contribution in [0.4, 0.5) is 11.4 Å². The number of hydrogen-bond donors (Lipinski definition) is 5. The highest BCUT2D eigenvalue weighted by Crippen LogP contribution is 2.32. The Morgan fingerprint density at radius 1 is 0.581 bits per heavy atom. The summed E-state index contributed by atoms with van der Waals surface area (Å²) in [6.45, 7) is 9.26. The van der Waals surface area contributed by atoms with E-state index in [1.54, 1.807) is 12.1 Å². The van der Waals surface area contributed by atoms with Crippen LogP contribution in [0.15, 0.2) is 54.6 Å². The van der Waals surface area contributed by atoms with Crippen LogP contribution in [0.2, 0.25) is 0 Å². The second-order valence-corrected chi connectivity index (χ2v) is 11.4. The topological polar surface area (TPSA) is 131 Å². The second-order valence-electron chi connectivity index (χ2n) is 11.4. The van der Waals surface area contributed by atoms with Crippen LogP contribution in [-0.4, -0.2) is 124 Å². The minimum Gasteiger partial charge on any atom is -0.508 e. The molecular formula is C32H38N8O3. The van der Waals surface area contributed by atoms with Gasteiger partial charge in [0.1, 0.15) is 17.4 Å². The molecule has 2 aliphatic heterocycles. The van der Waals surface area contributed by atoms with Crippen LogP contribution in [0.3, 0.4) is 0 Å². The second kappa shape index (κ2) is 11.8. The monoisotopic (exact) mass is 582 g/mol. The lowest BCUT2D eigenvalue weighted by molar-refractivity contribution is 0.188. The highest BCUT2D eigenvalue weighted by atomic mass is 16.3. The molecular weight excluding hydrogens is 544 g/mol. The number of benzene rings is 3. The minimum absolute atomic E-state index is 0.149. The van der Waals surface area contributed by atoms with E-state index in [-0.39, 0.29) is 19.0 Å². The van der Waals surface area contributed by atoms with Crippen molar-refractivity contribution in [2.75, 3.05) is 88.5 Å². The van der Waals surface area contributed by atoms with E-state index < -0.39 is 0 Å². The zero-order valence-corrected chi connectivity index (χ0v) is 24.2. The van der Waals surface area contributed by atoms with Crippen LogP contribution in [-0.2, 0) is 0 Å². The fourth-order valence-corrected chi connectivity index (χ4v) is 6.29. The Morgan fingerprint density at radius 2 is 1.02 bits per heavy atom. The number of imidazole rings is 2. The third-order valence-corrected chi connectivity index (χ3v) is 8.70. The third-order valence-electron chi connectivity index (χ3n) is 8.70. The normalized spacial score (nSPS) is 17.0. The van der Waals surface area contributed by atoms with Crippen LogP contribution in [0.5, 0.6) is 5.75 Å². The number of aliphatic hydroxyl groups excluding tert-OH is 2. The summed E-state index contributed by atoms with van der Waals surface area (Å²) >= 11 is 0. The van der Waals surface area contributed by atoms with E-state index in [1.165, 1.54) is 0 Å². The lowest BCUT2D eigenvalue weighted by Crippen LogP contribution is -2.47. The van der Waals surface area contributed by atoms with Crippen molar-refractivity contribution in [2.45, 2.75) is 0 Å². The Bertz CT molecular complexity index is 1590. The van der Waals surface area contributed by atoms with Crippen LogP contribution in [0.1, 0.15) is 0 Å². The average Bonchev–Trinajstić information content (AvgIpc) is 3.66. The summed E-state index contributed by atoms with van der Waals surface area (Å²) in [5.41, 5.74) is 7.51. The first-order valence-corrected chi connectivity index (χ1v) is 15.1. The summed E-state index contributed by atoms with van der Waals surface area (Å²) in [4.78, 5) is 25.9. The van der Waals surface area contributed by atoms with Gasteiger partial charge in [0.05, 0.1) is 35.3 Å². The molecule has 5 N–H and O–H groups in total. The molecule has 224 valence electrons. The lowest BCUT2D eigenvalue weighted by atomic mass is 10.1. The highest BCUT2D eigenvalue weighted by molar-refractivity contribution is 5.86. The van der Waals surface area contributed by atoms with Gasteiger partial charge in [-0.05, 0) is 54.6 Å². The van der Waals surface area contributed by atoms with Gasteiger partial charge < -0.3 is 35.1 Å². The van der Waals surface area contributed by atoms with E-state index in [0.29, 0.717) is 11.6 Å². The molecule has 0 saturated carbocycles. The molecule has 0 atom stereocenters. The van der Waals surface area contributed by atoms with Crippen molar-refractivity contribution < 1.29 is 15.3 Å². The van der Waals surface area contributed by atoms with Crippen molar-refractivity contribution in [3.05, 3.63) is 54.6 Å². The Kier molecular flexibility index (Phi) is 7.62. The standard InChI is InChI=1S/C32H38N8O3/c41-15-13-37-5-9-39(10-6-37)24-1-3-27-29(20-24)35-31(33-27)22-17-23(19-26(43)18-22)32-34-28-4-2-25(21-30(28)36-32)40-11-7-38(8-12-40)14-16-42/h1-4,17-21,41-43H,5-16H2,(H,33,35)(H,34,36). The van der Waals surface area contributed by atoms with Gasteiger partial charge in [-0.15, -0.1) is 0 Å². The number of rotatable bonds is 8. The number of nitrogens with one attached hydrogen (secondary N) is 2. The smallest absolute Gasteiger partial charge is 0.138 e. The number of hydrogen-bond acceptors (Lipinski definition) is 9. The third kappa shape index (κ3) is 5.76. The van der Waals surface area contributed by atoms with Gasteiger partial charge in [0.15, 0.2) is 0 Å². The van der Waals surface area contributed by atoms with Gasteiger partial charge in [-0.1, -0.05) is 0 Å². The maximum Gasteiger partial charge on any atom is 0.138 e. The first kappa shape index (κ1) is 27.7. The van der Waals surface area contributed by atoms with Crippen molar-refractivity contribution in [2.24, 2.45) is 0 Å². The van der Waals surface area contributed by atoms with E-state index >= 15 is 0 Å². The number of aromatic hydroxyl groups is 1. The van der Waals surface area contributed by atoms with Gasteiger partial charge in [-0.25, -0.2) is 9.97 Å². The van der Waals surface area contributed by atoms with E-state index in [9.17, 15) is 15.3 Å². The molecule has 2 saturated heterocycles. The first-order valence-electron chi connectivity index (χ1n) is 15.1. The van der Waals surface area contributed by atoms with Crippen molar-refractivity contribution in [1.29, 1.82) is 0 Å². The fraction of sp³-hybridized carbons (Fsp3) is 0.375. The number of aromatic amines is 2. The van der Waals surface area contributed by atoms with Gasteiger partial charge in [-0.3, -0.25) is 9.80 Å². The number of anilines is 2. The molecule has 2 fully saturated rings. The predicted octanol–water partition coefficient (Wildman–Crippen LogP) is 2.71. The molecule has 0 radical (unpaired) electrons. The van der Waals surface area contributed by atoms with Crippen molar-refractivity contribution in [1.82, 2.24) is 29.7 Å². The maximum absolute atomic E-state index is 10.7. The number of nitrogens with zero attached hydrogens (tertiary/aromatic N) is 6. The lowest BCUT2D eigenvalue weighted by Gasteiger charge is -2.35. The number of aromatic nitrogens is 4. The van der Waals surface area contributed by atoms with Crippen LogP contribution >= 0.6 is 0 Å². The molecule has 0 amide bonds. The van der Waals surface area contributed by atoms with Gasteiger partial charge in [-0.2, -0.15) is 0 Å². The summed E-state index contributed by atoms with van der Waals surface area (Å²) < 4.78 is 0. The van der Waals surface area contributed by atoms with Crippen LogP contribution in [0.25, 0.3) is 44.8 Å². The van der Waals surface area contributed by atoms with E-state index in [0.717, 1.165) is 110 Å². The first-order chi connectivity index (χ1) is 21.1. The van der Waals surface area contributed by atoms with E-state index in [1.807, 2.05) is 18.2 Å². The van der Waals surface area contributed by atoms with Gasteiger partial charge in [0, 0.05) is 87.9 Å². The molecule has 2 aromatic heterocycles.